The number of carbonyl (C=O) groups excluding carboxylic acids is 3. The maximum atomic E-state index is 13.2. The van der Waals surface area contributed by atoms with Crippen LogP contribution in [0.3, 0.4) is 0 Å². The Bertz CT molecular complexity index is 2650. The van der Waals surface area contributed by atoms with E-state index in [1.807, 2.05) is 13.1 Å². The van der Waals surface area contributed by atoms with Crippen molar-refractivity contribution in [3.63, 3.8) is 0 Å². The van der Waals surface area contributed by atoms with Crippen molar-refractivity contribution in [2.75, 3.05) is 95.8 Å². The van der Waals surface area contributed by atoms with Crippen molar-refractivity contribution >= 4 is 46.2 Å². The number of piperazine rings is 1. The van der Waals surface area contributed by atoms with E-state index < -0.39 is 35.7 Å². The summed E-state index contributed by atoms with van der Waals surface area (Å²) < 4.78 is 35.4. The van der Waals surface area contributed by atoms with Crippen molar-refractivity contribution in [1.29, 1.82) is 5.26 Å². The third kappa shape index (κ3) is 13.3. The highest BCUT2D eigenvalue weighted by Crippen LogP contribution is 2.36. The number of esters is 1. The fourth-order valence-corrected chi connectivity index (χ4v) is 10.1. The second-order valence-corrected chi connectivity index (χ2v) is 19.9. The highest BCUT2D eigenvalue weighted by Gasteiger charge is 2.38. The van der Waals surface area contributed by atoms with Gasteiger partial charge in [0.25, 0.3) is 5.91 Å². The van der Waals surface area contributed by atoms with E-state index in [2.05, 4.69) is 57.2 Å². The monoisotopic (exact) mass is 1010 g/mol. The molecule has 4 aliphatic rings. The van der Waals surface area contributed by atoms with Crippen LogP contribution in [0, 0.1) is 11.3 Å². The summed E-state index contributed by atoms with van der Waals surface area (Å²) in [5.74, 6) is -0.178. The number of likely N-dealkylation sites (N-methyl/N-ethyl adjacent to an activating group) is 1. The zero-order valence-electron chi connectivity index (χ0n) is 42.2. The highest BCUT2D eigenvalue weighted by atomic mass is 16.6. The molecule has 0 saturated carbocycles. The van der Waals surface area contributed by atoms with Crippen LogP contribution in [0.2, 0.25) is 0 Å². The Labute approximate surface area is 425 Å². The molecule has 1 unspecified atom stereocenters. The third-order valence-corrected chi connectivity index (χ3v) is 13.6. The quantitative estimate of drug-likeness (QED) is 0.0796. The molecule has 3 amide bonds. The fourth-order valence-electron chi connectivity index (χ4n) is 10.1. The lowest BCUT2D eigenvalue weighted by Crippen LogP contribution is -2.55. The van der Waals surface area contributed by atoms with Crippen molar-refractivity contribution in [1.82, 2.24) is 24.7 Å². The first kappa shape index (κ1) is 52.5. The van der Waals surface area contributed by atoms with E-state index in [1.54, 1.807) is 39.0 Å². The number of ether oxygens (including phenoxy) is 6. The molecule has 0 radical (unpaired) electrons. The molecule has 0 bridgehead atoms. The molecule has 4 aliphatic heterocycles. The average Bonchev–Trinajstić information content (AvgIpc) is 3.89. The number of nitriles is 1. The number of rotatable bonds is 22. The van der Waals surface area contributed by atoms with Gasteiger partial charge in [0, 0.05) is 73.9 Å². The molecule has 20 nitrogen and oxygen atoms in total. The Morgan fingerprint density at radius 1 is 0.890 bits per heavy atom. The molecule has 0 spiro atoms. The van der Waals surface area contributed by atoms with Gasteiger partial charge >= 0.3 is 18.1 Å². The summed E-state index contributed by atoms with van der Waals surface area (Å²) in [6.07, 6.45) is 0.507. The van der Waals surface area contributed by atoms with Crippen molar-refractivity contribution in [3.05, 3.63) is 83.0 Å². The van der Waals surface area contributed by atoms with E-state index >= 15 is 0 Å². The van der Waals surface area contributed by atoms with Gasteiger partial charge in [0.2, 0.25) is 5.91 Å². The number of hydrogen-bond acceptors (Lipinski definition) is 16. The van der Waals surface area contributed by atoms with Crippen LogP contribution in [0.4, 0.5) is 16.3 Å². The number of nitrogens with zero attached hydrogens (tertiary/aromatic N) is 8. The van der Waals surface area contributed by atoms with Gasteiger partial charge in [-0.3, -0.25) is 19.3 Å². The number of fused-ring (bicyclic) bond motifs is 3. The van der Waals surface area contributed by atoms with Crippen LogP contribution in [0.1, 0.15) is 73.6 Å². The molecule has 2 saturated heterocycles. The molecule has 73 heavy (non-hydrogen) atoms. The molecule has 3 N–H and O–H groups in total. The summed E-state index contributed by atoms with van der Waals surface area (Å²) in [6, 6.07) is 20.9. The van der Waals surface area contributed by atoms with Gasteiger partial charge in [-0.15, -0.1) is 0 Å². The molecule has 390 valence electrons. The van der Waals surface area contributed by atoms with Crippen LogP contribution in [0.25, 0.3) is 10.8 Å². The van der Waals surface area contributed by atoms with Crippen LogP contribution in [0.5, 0.6) is 11.8 Å². The van der Waals surface area contributed by atoms with Gasteiger partial charge in [-0.1, -0.05) is 36.4 Å². The van der Waals surface area contributed by atoms with Crippen molar-refractivity contribution < 1.29 is 52.7 Å². The predicted molar refractivity (Wildman–Crippen MR) is 269 cm³/mol. The second kappa shape index (κ2) is 23.8. The number of primary amides is 1. The summed E-state index contributed by atoms with van der Waals surface area (Å²) in [5, 5.41) is 21.8. The molecule has 2 fully saturated rings. The molecule has 20 heteroatoms. The van der Waals surface area contributed by atoms with Gasteiger partial charge in [-0.2, -0.15) is 15.2 Å². The first-order chi connectivity index (χ1) is 35.1. The summed E-state index contributed by atoms with van der Waals surface area (Å²) in [6.45, 7) is 11.1. The Morgan fingerprint density at radius 3 is 2.42 bits per heavy atom. The second-order valence-electron chi connectivity index (χ2n) is 19.9. The maximum Gasteiger partial charge on any atom is 0.407 e. The SMILES string of the molecule is CN1C[C@H](OCCOCCOCCOc2ccc3c(c2)CN(C(CCC(=O)OC(C)(C)C)C(N)=O)C3=O)C[C@H]1COc1nc2c(c(N3CCN(C(=O)O)[C@@H](CC#N)C3)n1)CCN(c1cccc3ccccc13)C2. The zero-order chi connectivity index (χ0) is 51.6. The van der Waals surface area contributed by atoms with Crippen molar-refractivity contribution in [2.24, 2.45) is 5.73 Å². The van der Waals surface area contributed by atoms with E-state index in [1.165, 1.54) is 20.6 Å². The number of carbonyl (C=O) groups is 4. The summed E-state index contributed by atoms with van der Waals surface area (Å²) in [5.41, 5.74) is 9.18. The third-order valence-electron chi connectivity index (χ3n) is 13.6. The lowest BCUT2D eigenvalue weighted by molar-refractivity contribution is -0.155. The molecular weight excluding hydrogens is 939 g/mol. The number of anilines is 2. The first-order valence-electron chi connectivity index (χ1n) is 25.1. The summed E-state index contributed by atoms with van der Waals surface area (Å²) in [7, 11) is 2.05. The summed E-state index contributed by atoms with van der Waals surface area (Å²) in [4.78, 5) is 69.3. The Kier molecular flexibility index (Phi) is 17.2. The molecule has 0 aliphatic carbocycles. The van der Waals surface area contributed by atoms with Crippen LogP contribution in [0.15, 0.2) is 60.7 Å². The number of likely N-dealkylation sites (tertiary alicyclic amines) is 1. The van der Waals surface area contributed by atoms with Crippen LogP contribution in [-0.2, 0) is 48.0 Å². The van der Waals surface area contributed by atoms with E-state index in [-0.39, 0.29) is 63.0 Å². The minimum atomic E-state index is -1.03. The predicted octanol–water partition coefficient (Wildman–Crippen LogP) is 4.79. The van der Waals surface area contributed by atoms with Gasteiger partial charge in [0.15, 0.2) is 0 Å². The number of carboxylic acid groups (broad SMARTS) is 1. The van der Waals surface area contributed by atoms with Gasteiger partial charge in [-0.25, -0.2) is 4.79 Å². The molecule has 4 atom stereocenters. The minimum Gasteiger partial charge on any atom is -0.491 e. The number of aromatic nitrogens is 2. The molecule has 1 aromatic heterocycles. The highest BCUT2D eigenvalue weighted by molar-refractivity contribution is 6.01. The smallest absolute Gasteiger partial charge is 0.407 e. The molecular formula is C53H67N9O11. The lowest BCUT2D eigenvalue weighted by atomic mass is 10.0. The zero-order valence-corrected chi connectivity index (χ0v) is 42.2. The first-order valence-corrected chi connectivity index (χ1v) is 25.1. The topological polar surface area (TPSA) is 236 Å². The van der Waals surface area contributed by atoms with Crippen molar-refractivity contribution in [2.45, 2.75) is 95.8 Å². The minimum absolute atomic E-state index is 0.0124. The van der Waals surface area contributed by atoms with E-state index in [4.69, 9.17) is 44.1 Å². The largest absolute Gasteiger partial charge is 0.491 e. The number of nitrogens with two attached hydrogens (primary N) is 1. The lowest BCUT2D eigenvalue weighted by Gasteiger charge is -2.41. The molecule has 8 rings (SSSR count). The molecule has 5 heterocycles. The van der Waals surface area contributed by atoms with Crippen molar-refractivity contribution in [3.8, 4) is 17.8 Å². The molecule has 4 aromatic rings. The summed E-state index contributed by atoms with van der Waals surface area (Å²) >= 11 is 0. The Hall–Kier alpha value is -6.79. The fraction of sp³-hybridized carbons (Fsp3) is 0.528. The number of amides is 3. The van der Waals surface area contributed by atoms with E-state index in [0.29, 0.717) is 82.6 Å². The van der Waals surface area contributed by atoms with Crippen LogP contribution >= 0.6 is 0 Å². The van der Waals surface area contributed by atoms with E-state index in [9.17, 15) is 29.5 Å². The van der Waals surface area contributed by atoms with Crippen LogP contribution < -0.4 is 25.0 Å². The average molecular weight is 1010 g/mol. The van der Waals surface area contributed by atoms with Gasteiger partial charge in [-0.05, 0) is 82.3 Å². The number of benzene rings is 3. The molecule has 3 aromatic carbocycles. The Morgan fingerprint density at radius 2 is 1.66 bits per heavy atom. The standard InChI is InChI=1S/C53H67N9O11/c1-53(2,3)73-47(63)15-14-46(48(55)64)62-30-36-28-39(12-13-42(36)50(62)65)70-26-24-68-22-23-69-25-27-71-40-29-38(58(4)32-40)34-72-51-56-44-33-59(45-11-7-9-35-8-5-6-10-41(35)45)19-17-43(44)49(57-51)60-20-21-61(52(66)67)37(31-60)16-18-54/h5-13,28,37-38,40,46H,14-17,19-27,29-34H2,1-4H3,(H2,55,64)(H,66,67)/t37-,38-,40+,46?/m0/s1. The number of hydrogen-bond donors (Lipinski definition) is 2. The van der Waals surface area contributed by atoms with Gasteiger partial charge in [0.1, 0.15) is 36.4 Å². The van der Waals surface area contributed by atoms with Crippen LogP contribution in [-0.4, -0.2) is 170 Å². The normalized spacial score (nSPS) is 19.4. The van der Waals surface area contributed by atoms with Gasteiger partial charge < -0.3 is 58.9 Å². The van der Waals surface area contributed by atoms with E-state index in [0.717, 1.165) is 42.3 Å². The maximum absolute atomic E-state index is 13.2. The van der Waals surface area contributed by atoms with Gasteiger partial charge in [0.05, 0.1) is 69.9 Å². The Balaban J connectivity index is 0.762.